The second kappa shape index (κ2) is 6.53. The Morgan fingerprint density at radius 3 is 2.78 bits per heavy atom. The van der Waals surface area contributed by atoms with Crippen molar-refractivity contribution in [3.8, 4) is 0 Å². The normalized spacial score (nSPS) is 21.3. The first kappa shape index (κ1) is 17.8. The van der Waals surface area contributed by atoms with Crippen LogP contribution in [0.3, 0.4) is 0 Å². The molecule has 2 heterocycles. The minimum absolute atomic E-state index is 0.239. The summed E-state index contributed by atoms with van der Waals surface area (Å²) < 4.78 is 10.8. The average Bonchev–Trinajstić information content (AvgIpc) is 3.04. The zero-order valence-electron chi connectivity index (χ0n) is 14.2. The number of hydrogen-bond donors (Lipinski definition) is 1. The van der Waals surface area contributed by atoms with E-state index in [0.29, 0.717) is 25.3 Å². The summed E-state index contributed by atoms with van der Waals surface area (Å²) in [6, 6.07) is 3.77. The van der Waals surface area contributed by atoms with Crippen LogP contribution in [0.4, 0.5) is 4.79 Å². The molecule has 0 saturated carbocycles. The minimum atomic E-state index is -1.04. The molecule has 0 bridgehead atoms. The zero-order chi connectivity index (χ0) is 17.3. The van der Waals surface area contributed by atoms with Crippen molar-refractivity contribution < 1.29 is 19.4 Å². The molecular weight excluding hydrogens is 314 g/mol. The lowest BCUT2D eigenvalue weighted by Crippen LogP contribution is -2.37. The van der Waals surface area contributed by atoms with Crippen molar-refractivity contribution in [2.45, 2.75) is 45.3 Å². The maximum atomic E-state index is 12.1. The number of rotatable bonds is 4. The van der Waals surface area contributed by atoms with Gasteiger partial charge in [0.25, 0.3) is 0 Å². The molecule has 2 rings (SSSR count). The van der Waals surface area contributed by atoms with Crippen LogP contribution in [0.5, 0.6) is 0 Å². The van der Waals surface area contributed by atoms with Crippen LogP contribution < -0.4 is 0 Å². The van der Waals surface area contributed by atoms with Crippen LogP contribution in [0, 0.1) is 0 Å². The van der Waals surface area contributed by atoms with Gasteiger partial charge in [-0.1, -0.05) is 6.58 Å². The van der Waals surface area contributed by atoms with Crippen LogP contribution in [0.1, 0.15) is 43.9 Å². The Kier molecular flexibility index (Phi) is 5.06. The van der Waals surface area contributed by atoms with Crippen molar-refractivity contribution in [3.63, 3.8) is 0 Å². The molecule has 1 atom stereocenters. The Morgan fingerprint density at radius 2 is 2.17 bits per heavy atom. The first-order chi connectivity index (χ1) is 10.6. The standard InChI is InChI=1S/C17H25NO4S/c1-6-21-12(2)13-7-8-14(23-13)17(20)9-10-18(11-17)15(19)22-16(3,4)5/h7-8,20H,2,6,9-11H2,1,3-5H3. The number of amides is 1. The summed E-state index contributed by atoms with van der Waals surface area (Å²) in [4.78, 5) is 15.4. The molecule has 1 aromatic heterocycles. The van der Waals surface area contributed by atoms with E-state index in [4.69, 9.17) is 9.47 Å². The van der Waals surface area contributed by atoms with E-state index in [9.17, 15) is 9.90 Å². The lowest BCUT2D eigenvalue weighted by molar-refractivity contribution is 0.0150. The lowest BCUT2D eigenvalue weighted by Gasteiger charge is -2.26. The number of carbonyl (C=O) groups excluding carboxylic acids is 1. The summed E-state index contributed by atoms with van der Waals surface area (Å²) in [5.74, 6) is 0.606. The first-order valence-electron chi connectivity index (χ1n) is 7.77. The largest absolute Gasteiger partial charge is 0.493 e. The van der Waals surface area contributed by atoms with Crippen molar-refractivity contribution in [2.24, 2.45) is 0 Å². The van der Waals surface area contributed by atoms with E-state index < -0.39 is 11.2 Å². The van der Waals surface area contributed by atoms with Crippen molar-refractivity contribution in [3.05, 3.63) is 28.5 Å². The molecule has 23 heavy (non-hydrogen) atoms. The molecule has 6 heteroatoms. The van der Waals surface area contributed by atoms with Gasteiger partial charge in [-0.2, -0.15) is 0 Å². The highest BCUT2D eigenvalue weighted by Gasteiger charge is 2.42. The molecule has 5 nitrogen and oxygen atoms in total. The predicted molar refractivity (Wildman–Crippen MR) is 91.3 cm³/mol. The smallest absolute Gasteiger partial charge is 0.410 e. The second-order valence-electron chi connectivity index (χ2n) is 6.70. The van der Waals surface area contributed by atoms with E-state index in [1.165, 1.54) is 11.3 Å². The number of likely N-dealkylation sites (tertiary alicyclic amines) is 1. The van der Waals surface area contributed by atoms with Crippen molar-refractivity contribution in [2.75, 3.05) is 19.7 Å². The first-order valence-corrected chi connectivity index (χ1v) is 8.59. The van der Waals surface area contributed by atoms with E-state index >= 15 is 0 Å². The third kappa shape index (κ3) is 4.26. The highest BCUT2D eigenvalue weighted by Crippen LogP contribution is 2.38. The van der Waals surface area contributed by atoms with Gasteiger partial charge in [-0.25, -0.2) is 4.79 Å². The Morgan fingerprint density at radius 1 is 1.48 bits per heavy atom. The van der Waals surface area contributed by atoms with Gasteiger partial charge in [-0.15, -0.1) is 11.3 Å². The van der Waals surface area contributed by atoms with Crippen LogP contribution in [-0.2, 0) is 15.1 Å². The van der Waals surface area contributed by atoms with Crippen LogP contribution in [-0.4, -0.2) is 41.4 Å². The minimum Gasteiger partial charge on any atom is -0.493 e. The van der Waals surface area contributed by atoms with E-state index in [1.807, 2.05) is 39.8 Å². The number of aliphatic hydroxyl groups is 1. The van der Waals surface area contributed by atoms with Gasteiger partial charge in [-0.3, -0.25) is 0 Å². The summed E-state index contributed by atoms with van der Waals surface area (Å²) in [6.07, 6.45) is 0.108. The van der Waals surface area contributed by atoms with Gasteiger partial charge in [-0.05, 0) is 39.8 Å². The Balaban J connectivity index is 2.06. The van der Waals surface area contributed by atoms with Gasteiger partial charge in [0, 0.05) is 17.8 Å². The van der Waals surface area contributed by atoms with Crippen LogP contribution >= 0.6 is 11.3 Å². The fourth-order valence-electron chi connectivity index (χ4n) is 2.46. The third-order valence-corrected chi connectivity index (χ3v) is 4.88. The van der Waals surface area contributed by atoms with Gasteiger partial charge in [0.2, 0.25) is 0 Å². The van der Waals surface area contributed by atoms with Gasteiger partial charge in [0.15, 0.2) is 0 Å². The zero-order valence-corrected chi connectivity index (χ0v) is 15.0. The maximum absolute atomic E-state index is 12.1. The van der Waals surface area contributed by atoms with E-state index in [2.05, 4.69) is 6.58 Å². The van der Waals surface area contributed by atoms with Crippen LogP contribution in [0.2, 0.25) is 0 Å². The number of hydrogen-bond acceptors (Lipinski definition) is 5. The van der Waals surface area contributed by atoms with Gasteiger partial charge in [0.1, 0.15) is 17.0 Å². The van der Waals surface area contributed by atoms with Crippen LogP contribution in [0.15, 0.2) is 18.7 Å². The quantitative estimate of drug-likeness (QED) is 0.852. The van der Waals surface area contributed by atoms with Gasteiger partial charge in [0.05, 0.1) is 18.0 Å². The summed E-state index contributed by atoms with van der Waals surface area (Å²) in [5, 5.41) is 10.9. The second-order valence-corrected chi connectivity index (χ2v) is 7.79. The molecule has 128 valence electrons. The number of β-amino-alcohol motifs (C(OH)–C–C–N with tert-alkyl or cyclic N) is 1. The number of thiophene rings is 1. The molecular formula is C17H25NO4S. The molecule has 1 fully saturated rings. The fraction of sp³-hybridized carbons (Fsp3) is 0.588. The lowest BCUT2D eigenvalue weighted by atomic mass is 10.0. The Labute approximate surface area is 141 Å². The van der Waals surface area contributed by atoms with Crippen molar-refractivity contribution in [1.29, 1.82) is 0 Å². The Hall–Kier alpha value is -1.53. The molecule has 1 aromatic rings. The number of carbonyl (C=O) groups is 1. The van der Waals surface area contributed by atoms with Crippen molar-refractivity contribution >= 4 is 23.2 Å². The number of nitrogens with zero attached hydrogens (tertiary/aromatic N) is 1. The maximum Gasteiger partial charge on any atom is 0.410 e. The summed E-state index contributed by atoms with van der Waals surface area (Å²) in [6.45, 7) is 12.6. The van der Waals surface area contributed by atoms with Crippen molar-refractivity contribution in [1.82, 2.24) is 4.90 Å². The molecule has 0 spiro atoms. The molecule has 1 saturated heterocycles. The molecule has 0 aliphatic carbocycles. The SMILES string of the molecule is C=C(OCC)c1ccc(C2(O)CCN(C(=O)OC(C)(C)C)C2)s1. The monoisotopic (exact) mass is 339 g/mol. The molecule has 1 unspecified atom stereocenters. The third-order valence-electron chi connectivity index (χ3n) is 3.56. The molecule has 1 aliphatic heterocycles. The summed E-state index contributed by atoms with van der Waals surface area (Å²) >= 11 is 1.45. The highest BCUT2D eigenvalue weighted by molar-refractivity contribution is 7.13. The molecule has 0 aromatic carbocycles. The highest BCUT2D eigenvalue weighted by atomic mass is 32.1. The summed E-state index contributed by atoms with van der Waals surface area (Å²) in [7, 11) is 0. The van der Waals surface area contributed by atoms with Gasteiger partial charge < -0.3 is 19.5 Å². The van der Waals surface area contributed by atoms with Crippen LogP contribution in [0.25, 0.3) is 5.76 Å². The molecule has 1 N–H and O–H groups in total. The number of ether oxygens (including phenoxy) is 2. The van der Waals surface area contributed by atoms with E-state index in [1.54, 1.807) is 4.90 Å². The van der Waals surface area contributed by atoms with E-state index in [0.717, 1.165) is 9.75 Å². The average molecular weight is 339 g/mol. The molecule has 1 aliphatic rings. The van der Waals surface area contributed by atoms with Gasteiger partial charge >= 0.3 is 6.09 Å². The predicted octanol–water partition coefficient (Wildman–Crippen LogP) is 3.58. The van der Waals surface area contributed by atoms with E-state index in [-0.39, 0.29) is 12.6 Å². The molecule has 1 amide bonds. The fourth-order valence-corrected chi connectivity index (χ4v) is 3.50. The topological polar surface area (TPSA) is 59.0 Å². The Bertz CT molecular complexity index is 590. The summed E-state index contributed by atoms with van der Waals surface area (Å²) in [5.41, 5.74) is -1.57. The molecule has 0 radical (unpaired) electrons.